The summed E-state index contributed by atoms with van der Waals surface area (Å²) in [6.45, 7) is 2.23. The summed E-state index contributed by atoms with van der Waals surface area (Å²) in [5, 5.41) is 3.11. The van der Waals surface area contributed by atoms with Crippen LogP contribution in [-0.4, -0.2) is 17.3 Å². The number of aromatic nitrogens is 1. The Morgan fingerprint density at radius 3 is 3.14 bits per heavy atom. The van der Waals surface area contributed by atoms with Crippen LogP contribution in [0.3, 0.4) is 0 Å². The number of nitrogens with one attached hydrogen (secondary N) is 1. The third kappa shape index (κ3) is 1.57. The second-order valence-corrected chi connectivity index (χ2v) is 4.02. The second-order valence-electron chi connectivity index (χ2n) is 3.10. The fourth-order valence-electron chi connectivity index (χ4n) is 1.48. The molecule has 1 N–H and O–H groups in total. The van der Waals surface area contributed by atoms with Crippen LogP contribution >= 0.6 is 15.9 Å². The first-order chi connectivity index (χ1) is 6.68. The third-order valence-electron chi connectivity index (χ3n) is 2.10. The number of hydrogen-bond donors (Lipinski definition) is 1. The van der Waals surface area contributed by atoms with E-state index in [-0.39, 0.29) is 5.78 Å². The van der Waals surface area contributed by atoms with E-state index in [4.69, 9.17) is 0 Å². The summed E-state index contributed by atoms with van der Waals surface area (Å²) >= 11 is 3.34. The molecule has 0 fully saturated rings. The highest BCUT2D eigenvalue weighted by molar-refractivity contribution is 9.10. The lowest BCUT2D eigenvalue weighted by molar-refractivity contribution is -0.111. The number of nitrogens with zero attached hydrogens (tertiary/aromatic N) is 1. The van der Waals surface area contributed by atoms with Crippen LogP contribution in [0.2, 0.25) is 0 Å². The van der Waals surface area contributed by atoms with E-state index in [1.54, 1.807) is 13.1 Å². The van der Waals surface area contributed by atoms with Crippen molar-refractivity contribution in [2.75, 3.05) is 11.9 Å². The van der Waals surface area contributed by atoms with Crippen molar-refractivity contribution in [2.45, 2.75) is 6.92 Å². The number of halogens is 1. The van der Waals surface area contributed by atoms with E-state index in [9.17, 15) is 4.79 Å². The van der Waals surface area contributed by atoms with Gasteiger partial charge in [-0.05, 0) is 28.9 Å². The normalized spacial score (nSPS) is 14.0. The number of rotatable bonds is 1. The van der Waals surface area contributed by atoms with E-state index in [2.05, 4.69) is 26.2 Å². The molecule has 0 aromatic carbocycles. The van der Waals surface area contributed by atoms with Gasteiger partial charge in [-0.25, -0.2) is 4.98 Å². The number of hydrogen-bond acceptors (Lipinski definition) is 3. The molecule has 0 bridgehead atoms. The Hall–Kier alpha value is -1.16. The molecule has 1 aromatic heterocycles. The van der Waals surface area contributed by atoms with Gasteiger partial charge >= 0.3 is 0 Å². The number of carbonyl (C=O) groups is 1. The molecule has 1 aliphatic rings. The Labute approximate surface area is 90.4 Å². The average Bonchev–Trinajstić information content (AvgIpc) is 2.16. The van der Waals surface area contributed by atoms with Gasteiger partial charge in [0.25, 0.3) is 0 Å². The smallest absolute Gasteiger partial charge is 0.160 e. The van der Waals surface area contributed by atoms with E-state index < -0.39 is 0 Å². The number of anilines is 1. The molecule has 0 radical (unpaired) electrons. The number of fused-ring (bicyclic) bond motifs is 1. The number of allylic oxidation sites excluding steroid dienone is 1. The zero-order chi connectivity index (χ0) is 10.1. The van der Waals surface area contributed by atoms with E-state index in [1.165, 1.54) is 0 Å². The predicted octanol–water partition coefficient (Wildman–Crippen LogP) is 2.24. The fourth-order valence-corrected chi connectivity index (χ4v) is 1.81. The highest BCUT2D eigenvalue weighted by atomic mass is 79.9. The molecule has 0 spiro atoms. The van der Waals surface area contributed by atoms with Gasteiger partial charge in [0.1, 0.15) is 5.82 Å². The van der Waals surface area contributed by atoms with Gasteiger partial charge in [-0.2, -0.15) is 0 Å². The Balaban J connectivity index is 2.56. The maximum Gasteiger partial charge on any atom is 0.160 e. The van der Waals surface area contributed by atoms with Crippen LogP contribution in [0, 0.1) is 0 Å². The lowest BCUT2D eigenvalue weighted by atomic mass is 10.0. The molecule has 0 aliphatic carbocycles. The molecule has 3 nitrogen and oxygen atoms in total. The minimum Gasteiger partial charge on any atom is -0.366 e. The minimum atomic E-state index is 0.0765. The van der Waals surface area contributed by atoms with Gasteiger partial charge in [-0.3, -0.25) is 4.79 Å². The van der Waals surface area contributed by atoms with Crippen molar-refractivity contribution in [2.24, 2.45) is 0 Å². The molecule has 0 unspecified atom stereocenters. The van der Waals surface area contributed by atoms with E-state index >= 15 is 0 Å². The lowest BCUT2D eigenvalue weighted by Gasteiger charge is -2.16. The maximum absolute atomic E-state index is 11.3. The first-order valence-electron chi connectivity index (χ1n) is 4.29. The second kappa shape index (κ2) is 3.53. The van der Waals surface area contributed by atoms with Gasteiger partial charge in [-0.1, -0.05) is 6.08 Å². The molecule has 0 saturated heterocycles. The lowest BCUT2D eigenvalue weighted by Crippen LogP contribution is -2.12. The van der Waals surface area contributed by atoms with Crippen molar-refractivity contribution in [1.82, 2.24) is 4.98 Å². The minimum absolute atomic E-state index is 0.0765. The van der Waals surface area contributed by atoms with Gasteiger partial charge in [0, 0.05) is 28.4 Å². The van der Waals surface area contributed by atoms with Crippen LogP contribution in [0.5, 0.6) is 0 Å². The molecule has 14 heavy (non-hydrogen) atoms. The Morgan fingerprint density at radius 1 is 1.64 bits per heavy atom. The summed E-state index contributed by atoms with van der Waals surface area (Å²) in [4.78, 5) is 15.5. The Bertz CT molecular complexity index is 426. The Kier molecular flexibility index (Phi) is 2.37. The van der Waals surface area contributed by atoms with Gasteiger partial charge in [0.2, 0.25) is 0 Å². The highest BCUT2D eigenvalue weighted by Crippen LogP contribution is 2.28. The molecule has 0 saturated carbocycles. The molecular formula is C10H9BrN2O. The van der Waals surface area contributed by atoms with Crippen molar-refractivity contribution >= 4 is 33.1 Å². The zero-order valence-electron chi connectivity index (χ0n) is 7.67. The number of ketones is 1. The number of carbonyl (C=O) groups excluding carboxylic acids is 1. The summed E-state index contributed by atoms with van der Waals surface area (Å²) in [7, 11) is 0. The SMILES string of the molecule is CC(=O)C1=CCNc2ncc(Br)cc21. The standard InChI is InChI=1S/C10H9BrN2O/c1-6(14)8-2-3-12-10-9(8)4-7(11)5-13-10/h2,4-5H,3H2,1H3,(H,12,13). The summed E-state index contributed by atoms with van der Waals surface area (Å²) < 4.78 is 0.882. The third-order valence-corrected chi connectivity index (χ3v) is 2.53. The van der Waals surface area contributed by atoms with Crippen LogP contribution in [0.1, 0.15) is 12.5 Å². The zero-order valence-corrected chi connectivity index (χ0v) is 9.26. The van der Waals surface area contributed by atoms with Gasteiger partial charge < -0.3 is 5.32 Å². The van der Waals surface area contributed by atoms with E-state index in [0.717, 1.165) is 21.4 Å². The van der Waals surface area contributed by atoms with Crippen LogP contribution in [-0.2, 0) is 4.79 Å². The first kappa shape index (κ1) is 9.40. The summed E-state index contributed by atoms with van der Waals surface area (Å²) in [6.07, 6.45) is 3.60. The molecule has 72 valence electrons. The average molecular weight is 253 g/mol. The Morgan fingerprint density at radius 2 is 2.43 bits per heavy atom. The molecule has 2 heterocycles. The van der Waals surface area contributed by atoms with Gasteiger partial charge in [0.05, 0.1) is 0 Å². The van der Waals surface area contributed by atoms with E-state index in [1.807, 2.05) is 12.1 Å². The van der Waals surface area contributed by atoms with Crippen LogP contribution in [0.4, 0.5) is 5.82 Å². The fraction of sp³-hybridized carbons (Fsp3) is 0.200. The molecule has 2 rings (SSSR count). The largest absolute Gasteiger partial charge is 0.366 e. The van der Waals surface area contributed by atoms with Crippen LogP contribution in [0.25, 0.3) is 5.57 Å². The number of pyridine rings is 1. The summed E-state index contributed by atoms with van der Waals surface area (Å²) in [5.74, 6) is 0.855. The predicted molar refractivity (Wildman–Crippen MR) is 59.1 cm³/mol. The molecule has 1 aliphatic heterocycles. The topological polar surface area (TPSA) is 42.0 Å². The van der Waals surface area contributed by atoms with Crippen molar-refractivity contribution in [3.8, 4) is 0 Å². The molecule has 1 aromatic rings. The van der Waals surface area contributed by atoms with Crippen molar-refractivity contribution in [3.63, 3.8) is 0 Å². The monoisotopic (exact) mass is 252 g/mol. The van der Waals surface area contributed by atoms with Crippen molar-refractivity contribution in [1.29, 1.82) is 0 Å². The van der Waals surface area contributed by atoms with Crippen LogP contribution in [0.15, 0.2) is 22.8 Å². The summed E-state index contributed by atoms with van der Waals surface area (Å²) in [5.41, 5.74) is 1.62. The van der Waals surface area contributed by atoms with Gasteiger partial charge in [-0.15, -0.1) is 0 Å². The molecule has 4 heteroatoms. The summed E-state index contributed by atoms with van der Waals surface area (Å²) in [6, 6.07) is 1.90. The maximum atomic E-state index is 11.3. The van der Waals surface area contributed by atoms with Crippen molar-refractivity contribution in [3.05, 3.63) is 28.4 Å². The quantitative estimate of drug-likeness (QED) is 0.834. The van der Waals surface area contributed by atoms with Gasteiger partial charge in [0.15, 0.2) is 5.78 Å². The molecular weight excluding hydrogens is 244 g/mol. The molecule has 0 atom stereocenters. The highest BCUT2D eigenvalue weighted by Gasteiger charge is 2.16. The van der Waals surface area contributed by atoms with Crippen molar-refractivity contribution < 1.29 is 4.79 Å². The van der Waals surface area contributed by atoms with Crippen LogP contribution < -0.4 is 5.32 Å². The van der Waals surface area contributed by atoms with E-state index in [0.29, 0.717) is 6.54 Å². The first-order valence-corrected chi connectivity index (χ1v) is 5.08. The molecule has 0 amide bonds. The number of Topliss-reactive ketones (excluding diaryl/α,β-unsaturated/α-hetero) is 1.